The van der Waals surface area contributed by atoms with Crippen LogP contribution in [0, 0.1) is 18.3 Å². The summed E-state index contributed by atoms with van der Waals surface area (Å²) in [4.78, 5) is 20.5. The SMILES string of the molecule is Cc1ccc(CNC(=O)c2cnc(Nc3cccc(C#N)c3)cn2)cc1. The van der Waals surface area contributed by atoms with Gasteiger partial charge in [-0.3, -0.25) is 4.79 Å². The molecule has 0 spiro atoms. The number of hydrogen-bond acceptors (Lipinski definition) is 5. The minimum absolute atomic E-state index is 0.244. The molecule has 0 bridgehead atoms. The number of hydrogen-bond donors (Lipinski definition) is 2. The van der Waals surface area contributed by atoms with Crippen molar-refractivity contribution in [2.75, 3.05) is 5.32 Å². The van der Waals surface area contributed by atoms with Gasteiger partial charge in [-0.15, -0.1) is 0 Å². The molecule has 0 saturated heterocycles. The van der Waals surface area contributed by atoms with Crippen LogP contribution in [0.25, 0.3) is 0 Å². The molecule has 1 aromatic heterocycles. The van der Waals surface area contributed by atoms with Gasteiger partial charge in [-0.25, -0.2) is 9.97 Å². The van der Waals surface area contributed by atoms with Crippen LogP contribution in [0.3, 0.4) is 0 Å². The molecule has 0 aliphatic heterocycles. The van der Waals surface area contributed by atoms with Crippen molar-refractivity contribution in [3.63, 3.8) is 0 Å². The topological polar surface area (TPSA) is 90.7 Å². The molecule has 2 N–H and O–H groups in total. The number of aryl methyl sites for hydroxylation is 1. The number of benzene rings is 2. The quantitative estimate of drug-likeness (QED) is 0.741. The predicted octanol–water partition coefficient (Wildman–Crippen LogP) is 3.33. The fraction of sp³-hybridized carbons (Fsp3) is 0.100. The number of rotatable bonds is 5. The van der Waals surface area contributed by atoms with Gasteiger partial charge in [0.05, 0.1) is 24.0 Å². The third-order valence-corrected chi connectivity index (χ3v) is 3.72. The molecule has 0 atom stereocenters. The van der Waals surface area contributed by atoms with Crippen molar-refractivity contribution in [2.24, 2.45) is 0 Å². The Morgan fingerprint density at radius 3 is 2.62 bits per heavy atom. The molecule has 1 heterocycles. The molecule has 0 radical (unpaired) electrons. The van der Waals surface area contributed by atoms with Crippen LogP contribution in [0.4, 0.5) is 11.5 Å². The summed E-state index contributed by atoms with van der Waals surface area (Å²) in [5.74, 6) is 0.214. The molecule has 128 valence electrons. The van der Waals surface area contributed by atoms with E-state index in [4.69, 9.17) is 5.26 Å². The number of carbonyl (C=O) groups is 1. The number of amides is 1. The van der Waals surface area contributed by atoms with Gasteiger partial charge in [-0.1, -0.05) is 35.9 Å². The standard InChI is InChI=1S/C20H17N5O/c1-14-5-7-15(8-6-14)11-24-20(26)18-12-23-19(13-22-18)25-17-4-2-3-16(9-17)10-21/h2-9,12-13H,11H2,1H3,(H,23,25)(H,24,26). The Kier molecular flexibility index (Phi) is 5.20. The molecule has 3 rings (SSSR count). The highest BCUT2D eigenvalue weighted by atomic mass is 16.1. The number of carbonyl (C=O) groups excluding carboxylic acids is 1. The van der Waals surface area contributed by atoms with Crippen molar-refractivity contribution < 1.29 is 4.79 Å². The average molecular weight is 343 g/mol. The zero-order valence-electron chi connectivity index (χ0n) is 14.2. The molecular formula is C20H17N5O. The van der Waals surface area contributed by atoms with E-state index in [-0.39, 0.29) is 11.6 Å². The van der Waals surface area contributed by atoms with E-state index < -0.39 is 0 Å². The first-order valence-corrected chi connectivity index (χ1v) is 8.07. The normalized spacial score (nSPS) is 10.0. The van der Waals surface area contributed by atoms with Crippen molar-refractivity contribution >= 4 is 17.4 Å². The third-order valence-electron chi connectivity index (χ3n) is 3.72. The molecule has 26 heavy (non-hydrogen) atoms. The molecule has 0 saturated carbocycles. The van der Waals surface area contributed by atoms with Crippen LogP contribution in [-0.4, -0.2) is 15.9 Å². The Balaban J connectivity index is 1.60. The second kappa shape index (κ2) is 7.90. The van der Waals surface area contributed by atoms with E-state index in [2.05, 4.69) is 26.7 Å². The minimum Gasteiger partial charge on any atom is -0.347 e. The van der Waals surface area contributed by atoms with Crippen LogP contribution in [0.15, 0.2) is 60.9 Å². The molecule has 3 aromatic rings. The molecule has 0 fully saturated rings. The highest BCUT2D eigenvalue weighted by molar-refractivity contribution is 5.92. The Morgan fingerprint density at radius 1 is 1.12 bits per heavy atom. The summed E-state index contributed by atoms with van der Waals surface area (Å²) in [6, 6.07) is 17.1. The second-order valence-electron chi connectivity index (χ2n) is 5.77. The lowest BCUT2D eigenvalue weighted by molar-refractivity contribution is 0.0945. The zero-order valence-corrected chi connectivity index (χ0v) is 14.2. The van der Waals surface area contributed by atoms with E-state index in [9.17, 15) is 4.79 Å². The maximum Gasteiger partial charge on any atom is 0.271 e. The maximum atomic E-state index is 12.2. The Hall–Kier alpha value is -3.72. The molecule has 6 nitrogen and oxygen atoms in total. The van der Waals surface area contributed by atoms with Gasteiger partial charge >= 0.3 is 0 Å². The Labute approximate surface area is 151 Å². The Morgan fingerprint density at radius 2 is 1.92 bits per heavy atom. The number of anilines is 2. The maximum absolute atomic E-state index is 12.2. The van der Waals surface area contributed by atoms with E-state index in [1.54, 1.807) is 18.2 Å². The summed E-state index contributed by atoms with van der Waals surface area (Å²) in [5.41, 5.74) is 3.72. The molecule has 1 amide bonds. The van der Waals surface area contributed by atoms with E-state index in [1.165, 1.54) is 18.0 Å². The zero-order chi connectivity index (χ0) is 18.4. The van der Waals surface area contributed by atoms with Crippen LogP contribution < -0.4 is 10.6 Å². The summed E-state index contributed by atoms with van der Waals surface area (Å²) in [5, 5.41) is 14.8. The van der Waals surface area contributed by atoms with E-state index in [1.807, 2.05) is 37.3 Å². The molecule has 6 heteroatoms. The van der Waals surface area contributed by atoms with Crippen molar-refractivity contribution in [1.29, 1.82) is 5.26 Å². The molecule has 0 aliphatic rings. The average Bonchev–Trinajstić information content (AvgIpc) is 2.68. The summed E-state index contributed by atoms with van der Waals surface area (Å²) >= 11 is 0. The number of nitrogens with zero attached hydrogens (tertiary/aromatic N) is 3. The number of nitriles is 1. The summed E-state index contributed by atoms with van der Waals surface area (Å²) in [6.45, 7) is 2.45. The van der Waals surface area contributed by atoms with Crippen LogP contribution in [0.1, 0.15) is 27.2 Å². The monoisotopic (exact) mass is 343 g/mol. The van der Waals surface area contributed by atoms with Gasteiger partial charge < -0.3 is 10.6 Å². The molecule has 0 unspecified atom stereocenters. The van der Waals surface area contributed by atoms with E-state index in [0.29, 0.717) is 17.9 Å². The van der Waals surface area contributed by atoms with Crippen molar-refractivity contribution in [1.82, 2.24) is 15.3 Å². The van der Waals surface area contributed by atoms with Gasteiger partial charge in [0, 0.05) is 12.2 Å². The first kappa shape index (κ1) is 17.1. The van der Waals surface area contributed by atoms with Gasteiger partial charge in [-0.2, -0.15) is 5.26 Å². The first-order chi connectivity index (χ1) is 12.6. The second-order valence-corrected chi connectivity index (χ2v) is 5.77. The summed E-state index contributed by atoms with van der Waals surface area (Å²) in [6.07, 6.45) is 2.90. The highest BCUT2D eigenvalue weighted by Crippen LogP contribution is 2.15. The van der Waals surface area contributed by atoms with Crippen LogP contribution in [-0.2, 0) is 6.54 Å². The molecule has 0 aliphatic carbocycles. The van der Waals surface area contributed by atoms with Crippen LogP contribution >= 0.6 is 0 Å². The Bertz CT molecular complexity index is 943. The lowest BCUT2D eigenvalue weighted by Crippen LogP contribution is -2.24. The van der Waals surface area contributed by atoms with Crippen molar-refractivity contribution in [2.45, 2.75) is 13.5 Å². The fourth-order valence-corrected chi connectivity index (χ4v) is 2.30. The van der Waals surface area contributed by atoms with Gasteiger partial charge in [-0.05, 0) is 30.7 Å². The molecule has 2 aromatic carbocycles. The van der Waals surface area contributed by atoms with Crippen molar-refractivity contribution in [3.8, 4) is 6.07 Å². The summed E-state index contributed by atoms with van der Waals surface area (Å²) < 4.78 is 0. The fourth-order valence-electron chi connectivity index (χ4n) is 2.30. The van der Waals surface area contributed by atoms with E-state index in [0.717, 1.165) is 11.3 Å². The van der Waals surface area contributed by atoms with Crippen LogP contribution in [0.5, 0.6) is 0 Å². The van der Waals surface area contributed by atoms with Crippen LogP contribution in [0.2, 0.25) is 0 Å². The number of aromatic nitrogens is 2. The van der Waals surface area contributed by atoms with Gasteiger partial charge in [0.15, 0.2) is 0 Å². The number of nitrogens with one attached hydrogen (secondary N) is 2. The van der Waals surface area contributed by atoms with Gasteiger partial charge in [0.2, 0.25) is 0 Å². The lowest BCUT2D eigenvalue weighted by Gasteiger charge is -2.07. The smallest absolute Gasteiger partial charge is 0.271 e. The van der Waals surface area contributed by atoms with Crippen molar-refractivity contribution in [3.05, 3.63) is 83.3 Å². The van der Waals surface area contributed by atoms with Gasteiger partial charge in [0.1, 0.15) is 11.5 Å². The van der Waals surface area contributed by atoms with E-state index >= 15 is 0 Å². The predicted molar refractivity (Wildman–Crippen MR) is 98.8 cm³/mol. The molecular weight excluding hydrogens is 326 g/mol. The third kappa shape index (κ3) is 4.42. The van der Waals surface area contributed by atoms with Gasteiger partial charge in [0.25, 0.3) is 5.91 Å². The minimum atomic E-state index is -0.281. The summed E-state index contributed by atoms with van der Waals surface area (Å²) in [7, 11) is 0. The largest absolute Gasteiger partial charge is 0.347 e. The lowest BCUT2D eigenvalue weighted by atomic mass is 10.1. The first-order valence-electron chi connectivity index (χ1n) is 8.07. The highest BCUT2D eigenvalue weighted by Gasteiger charge is 2.08.